The molecule has 3 heterocycles. The summed E-state index contributed by atoms with van der Waals surface area (Å²) >= 11 is 1.39. The molecule has 8 heteroatoms. The zero-order chi connectivity index (χ0) is 20.5. The maximum absolute atomic E-state index is 12.9. The number of nitrogens with one attached hydrogen (secondary N) is 2. The van der Waals surface area contributed by atoms with E-state index in [1.807, 2.05) is 38.1 Å². The van der Waals surface area contributed by atoms with Crippen LogP contribution in [0.2, 0.25) is 0 Å². The first-order valence-corrected chi connectivity index (χ1v) is 10.2. The van der Waals surface area contributed by atoms with Crippen LogP contribution >= 0.6 is 11.3 Å². The molecule has 1 aliphatic heterocycles. The zero-order valence-electron chi connectivity index (χ0n) is 16.8. The number of methoxy groups -OCH3 is 2. The van der Waals surface area contributed by atoms with E-state index in [1.165, 1.54) is 11.3 Å². The van der Waals surface area contributed by atoms with E-state index in [-0.39, 0.29) is 5.91 Å². The predicted molar refractivity (Wildman–Crippen MR) is 113 cm³/mol. The number of benzene rings is 1. The molecular weight excluding hydrogens is 390 g/mol. The van der Waals surface area contributed by atoms with Gasteiger partial charge in [0.25, 0.3) is 5.91 Å². The van der Waals surface area contributed by atoms with Crippen LogP contribution in [0.3, 0.4) is 0 Å². The highest BCUT2D eigenvalue weighted by Gasteiger charge is 2.30. The van der Waals surface area contributed by atoms with Crippen LogP contribution in [0, 0.1) is 6.92 Å². The molecule has 0 spiro atoms. The summed E-state index contributed by atoms with van der Waals surface area (Å²) in [5, 5.41) is 7.45. The second-order valence-corrected chi connectivity index (χ2v) is 7.74. The molecule has 1 aliphatic rings. The molecule has 0 bridgehead atoms. The van der Waals surface area contributed by atoms with Gasteiger partial charge in [-0.3, -0.25) is 4.79 Å². The Morgan fingerprint density at radius 1 is 1.17 bits per heavy atom. The molecule has 7 nitrogen and oxygen atoms in total. The molecule has 4 rings (SSSR count). The molecule has 0 saturated heterocycles. The minimum Gasteiger partial charge on any atom is -0.493 e. The lowest BCUT2D eigenvalue weighted by molar-refractivity contribution is 0.0940. The second kappa shape index (κ2) is 7.88. The Bertz CT molecular complexity index is 1080. The van der Waals surface area contributed by atoms with Crippen LogP contribution < -0.4 is 20.1 Å². The van der Waals surface area contributed by atoms with E-state index in [0.29, 0.717) is 29.6 Å². The number of aryl methyl sites for hydroxylation is 1. The first kappa shape index (κ1) is 19.5. The van der Waals surface area contributed by atoms with Crippen molar-refractivity contribution < 1.29 is 19.0 Å². The van der Waals surface area contributed by atoms with Crippen molar-refractivity contribution in [3.05, 3.63) is 46.0 Å². The molecular formula is C21H23N3O4S. The highest BCUT2D eigenvalue weighted by atomic mass is 32.1. The fraction of sp³-hybridized carbons (Fsp3) is 0.333. The molecule has 0 fully saturated rings. The number of hydrogen-bond acceptors (Lipinski definition) is 7. The average molecular weight is 413 g/mol. The fourth-order valence-corrected chi connectivity index (χ4v) is 4.70. The Morgan fingerprint density at radius 3 is 2.72 bits per heavy atom. The number of thiophene rings is 1. The Hall–Kier alpha value is -2.84. The van der Waals surface area contributed by atoms with Crippen molar-refractivity contribution >= 4 is 33.1 Å². The third-order valence-corrected chi connectivity index (χ3v) is 5.85. The van der Waals surface area contributed by atoms with Crippen LogP contribution in [0.25, 0.3) is 10.2 Å². The minimum absolute atomic E-state index is 0.124. The first-order chi connectivity index (χ1) is 14.0. The molecule has 2 N–H and O–H groups in total. The maximum Gasteiger partial charge on any atom is 0.265 e. The van der Waals surface area contributed by atoms with E-state index in [2.05, 4.69) is 15.6 Å². The maximum atomic E-state index is 12.9. The van der Waals surface area contributed by atoms with Gasteiger partial charge in [0.05, 0.1) is 26.0 Å². The van der Waals surface area contributed by atoms with Gasteiger partial charge in [-0.2, -0.15) is 0 Å². The van der Waals surface area contributed by atoms with Crippen LogP contribution in [0.15, 0.2) is 24.3 Å². The second-order valence-electron chi connectivity index (χ2n) is 6.74. The van der Waals surface area contributed by atoms with Crippen LogP contribution in [0.5, 0.6) is 11.5 Å². The standard InChI is InChI=1S/C21H23N3O4S/c1-5-28-15-9-12(6-7-14(15)27-4)19-23-17-16-13(10-26-3)8-11(2)22-21(16)29-18(17)20(25)24-19/h6-9,19,23H,5,10H2,1-4H3,(H,24,25)/t19-/m0/s1. The molecule has 0 saturated carbocycles. The molecule has 0 unspecified atom stereocenters. The van der Waals surface area contributed by atoms with Gasteiger partial charge in [-0.15, -0.1) is 11.3 Å². The van der Waals surface area contributed by atoms with E-state index in [0.717, 1.165) is 32.7 Å². The average Bonchev–Trinajstić information content (AvgIpc) is 3.07. The summed E-state index contributed by atoms with van der Waals surface area (Å²) in [6, 6.07) is 7.65. The highest BCUT2D eigenvalue weighted by molar-refractivity contribution is 7.21. The van der Waals surface area contributed by atoms with E-state index in [4.69, 9.17) is 14.2 Å². The number of aromatic nitrogens is 1. The van der Waals surface area contributed by atoms with Crippen LogP contribution in [0.4, 0.5) is 5.69 Å². The van der Waals surface area contributed by atoms with Crippen molar-refractivity contribution in [3.63, 3.8) is 0 Å². The van der Waals surface area contributed by atoms with Gasteiger partial charge in [0, 0.05) is 18.2 Å². The number of anilines is 1. The lowest BCUT2D eigenvalue weighted by Crippen LogP contribution is -2.37. The molecule has 3 aromatic rings. The third kappa shape index (κ3) is 3.49. The van der Waals surface area contributed by atoms with E-state index in [9.17, 15) is 4.79 Å². The molecule has 1 amide bonds. The Balaban J connectivity index is 1.78. The number of hydrogen-bond donors (Lipinski definition) is 2. The monoisotopic (exact) mass is 413 g/mol. The van der Waals surface area contributed by atoms with Gasteiger partial charge in [0.2, 0.25) is 0 Å². The first-order valence-electron chi connectivity index (χ1n) is 9.35. The van der Waals surface area contributed by atoms with Crippen molar-refractivity contribution in [2.24, 2.45) is 0 Å². The number of ether oxygens (including phenoxy) is 3. The lowest BCUT2D eigenvalue weighted by atomic mass is 10.1. The van der Waals surface area contributed by atoms with Crippen LogP contribution in [-0.4, -0.2) is 31.7 Å². The summed E-state index contributed by atoms with van der Waals surface area (Å²) in [5.41, 5.74) is 3.59. The van der Waals surface area contributed by atoms with Crippen molar-refractivity contribution in [3.8, 4) is 11.5 Å². The zero-order valence-corrected chi connectivity index (χ0v) is 17.6. The van der Waals surface area contributed by atoms with Crippen molar-refractivity contribution in [2.45, 2.75) is 26.6 Å². The summed E-state index contributed by atoms with van der Waals surface area (Å²) < 4.78 is 16.4. The quantitative estimate of drug-likeness (QED) is 0.635. The van der Waals surface area contributed by atoms with Gasteiger partial charge < -0.3 is 24.8 Å². The molecule has 2 aromatic heterocycles. The largest absolute Gasteiger partial charge is 0.493 e. The van der Waals surface area contributed by atoms with Gasteiger partial charge >= 0.3 is 0 Å². The summed E-state index contributed by atoms with van der Waals surface area (Å²) in [6.07, 6.45) is -0.394. The molecule has 0 radical (unpaired) electrons. The highest BCUT2D eigenvalue weighted by Crippen LogP contribution is 2.42. The smallest absolute Gasteiger partial charge is 0.265 e. The lowest BCUT2D eigenvalue weighted by Gasteiger charge is -2.27. The SMILES string of the molecule is CCOc1cc([C@@H]2NC(=O)c3sc4nc(C)cc(COC)c4c3N2)ccc1OC. The molecule has 152 valence electrons. The van der Waals surface area contributed by atoms with E-state index in [1.54, 1.807) is 14.2 Å². The summed E-state index contributed by atoms with van der Waals surface area (Å²) in [7, 11) is 3.27. The van der Waals surface area contributed by atoms with Gasteiger partial charge in [0.15, 0.2) is 11.5 Å². The van der Waals surface area contributed by atoms with E-state index < -0.39 is 6.17 Å². The minimum atomic E-state index is -0.394. The number of rotatable bonds is 6. The van der Waals surface area contributed by atoms with Gasteiger partial charge in [0.1, 0.15) is 15.9 Å². The number of amides is 1. The predicted octanol–water partition coefficient (Wildman–Crippen LogP) is 4.01. The van der Waals surface area contributed by atoms with Crippen molar-refractivity contribution in [2.75, 3.05) is 26.1 Å². The number of carbonyl (C=O) groups excluding carboxylic acids is 1. The summed E-state index contributed by atoms with van der Waals surface area (Å²) in [4.78, 5) is 19.0. The Kier molecular flexibility index (Phi) is 5.29. The van der Waals surface area contributed by atoms with Crippen molar-refractivity contribution in [1.29, 1.82) is 0 Å². The van der Waals surface area contributed by atoms with E-state index >= 15 is 0 Å². The number of pyridine rings is 1. The Morgan fingerprint density at radius 2 is 2.00 bits per heavy atom. The van der Waals surface area contributed by atoms with Gasteiger partial charge in [-0.1, -0.05) is 6.07 Å². The number of carbonyl (C=O) groups is 1. The molecule has 1 atom stereocenters. The summed E-state index contributed by atoms with van der Waals surface area (Å²) in [5.74, 6) is 1.17. The number of fused-ring (bicyclic) bond motifs is 3. The molecule has 29 heavy (non-hydrogen) atoms. The Labute approximate surface area is 173 Å². The molecule has 1 aromatic carbocycles. The fourth-order valence-electron chi connectivity index (χ4n) is 3.56. The molecule has 0 aliphatic carbocycles. The normalized spacial score (nSPS) is 15.6. The third-order valence-electron chi connectivity index (χ3n) is 4.76. The summed E-state index contributed by atoms with van der Waals surface area (Å²) in [6.45, 7) is 4.84. The van der Waals surface area contributed by atoms with Gasteiger partial charge in [-0.25, -0.2) is 4.98 Å². The van der Waals surface area contributed by atoms with Gasteiger partial charge in [-0.05, 0) is 43.2 Å². The van der Waals surface area contributed by atoms with Crippen LogP contribution in [-0.2, 0) is 11.3 Å². The topological polar surface area (TPSA) is 81.7 Å². The number of nitrogens with zero attached hydrogens (tertiary/aromatic N) is 1. The van der Waals surface area contributed by atoms with Crippen molar-refractivity contribution in [1.82, 2.24) is 10.3 Å². The van der Waals surface area contributed by atoms with Crippen LogP contribution in [0.1, 0.15) is 39.6 Å².